The summed E-state index contributed by atoms with van der Waals surface area (Å²) >= 11 is 1.53. The van der Waals surface area contributed by atoms with Crippen LogP contribution in [0.5, 0.6) is 0 Å². The molecule has 0 fully saturated rings. The molecule has 0 aliphatic rings. The summed E-state index contributed by atoms with van der Waals surface area (Å²) < 4.78 is 0. The summed E-state index contributed by atoms with van der Waals surface area (Å²) in [7, 11) is 0. The predicted octanol–water partition coefficient (Wildman–Crippen LogP) is 3.92. The summed E-state index contributed by atoms with van der Waals surface area (Å²) in [4.78, 5) is 17.1. The molecule has 3 N–H and O–H groups in total. The maximum absolute atomic E-state index is 12.6. The molecule has 1 aromatic heterocycles. The number of thiazole rings is 1. The molecule has 0 aliphatic carbocycles. The van der Waals surface area contributed by atoms with E-state index in [0.717, 1.165) is 27.7 Å². The van der Waals surface area contributed by atoms with Crippen LogP contribution in [0.4, 0.5) is 5.00 Å². The van der Waals surface area contributed by atoms with E-state index in [1.807, 2.05) is 44.2 Å². The van der Waals surface area contributed by atoms with Crippen LogP contribution in [0.3, 0.4) is 0 Å². The fraction of sp³-hybridized carbons (Fsp3) is 0.444. The molecule has 0 saturated carbocycles. The zero-order chi connectivity index (χ0) is 17.0. The molecule has 2 unspecified atom stereocenters. The van der Waals surface area contributed by atoms with Crippen LogP contribution in [-0.2, 0) is 11.2 Å². The van der Waals surface area contributed by atoms with Crippen molar-refractivity contribution in [2.75, 3.05) is 5.32 Å². The average Bonchev–Trinajstić information content (AvgIpc) is 2.85. The fourth-order valence-corrected chi connectivity index (χ4v) is 3.30. The minimum atomic E-state index is -0.321. The third-order valence-electron chi connectivity index (χ3n) is 3.78. The monoisotopic (exact) mass is 331 g/mol. The number of benzene rings is 1. The molecular formula is C18H25N3OS. The van der Waals surface area contributed by atoms with Gasteiger partial charge in [0, 0.05) is 6.04 Å². The maximum atomic E-state index is 12.6. The first-order chi connectivity index (χ1) is 10.9. The number of nitrogens with two attached hydrogens (primary N) is 1. The van der Waals surface area contributed by atoms with Gasteiger partial charge in [-0.2, -0.15) is 0 Å². The lowest BCUT2D eigenvalue weighted by molar-refractivity contribution is -0.120. The quantitative estimate of drug-likeness (QED) is 0.843. The summed E-state index contributed by atoms with van der Waals surface area (Å²) in [6, 6.07) is 9.41. The number of nitrogens with one attached hydrogen (secondary N) is 1. The second kappa shape index (κ2) is 7.70. The van der Waals surface area contributed by atoms with Crippen molar-refractivity contribution in [1.29, 1.82) is 0 Å². The van der Waals surface area contributed by atoms with Crippen LogP contribution in [0.25, 0.3) is 0 Å². The molecule has 0 radical (unpaired) electrons. The van der Waals surface area contributed by atoms with E-state index in [2.05, 4.69) is 24.1 Å². The summed E-state index contributed by atoms with van der Waals surface area (Å²) in [6.07, 6.45) is 0.860. The molecule has 2 rings (SSSR count). The summed E-state index contributed by atoms with van der Waals surface area (Å²) in [5.41, 5.74) is 8.18. The smallest absolute Gasteiger partial charge is 0.229 e. The first-order valence-electron chi connectivity index (χ1n) is 7.96. The SMILES string of the molecule is Cc1nc(CC(C)C)c(NC(=O)C(C)C(N)c2ccccc2)s1. The minimum absolute atomic E-state index is 0.0602. The molecule has 2 aromatic rings. The number of nitrogens with zero attached hydrogens (tertiary/aromatic N) is 1. The van der Waals surface area contributed by atoms with Gasteiger partial charge in [-0.3, -0.25) is 4.79 Å². The van der Waals surface area contributed by atoms with E-state index < -0.39 is 0 Å². The van der Waals surface area contributed by atoms with Gasteiger partial charge in [-0.1, -0.05) is 51.1 Å². The Hall–Kier alpha value is -1.72. The number of aromatic nitrogens is 1. The van der Waals surface area contributed by atoms with E-state index in [1.165, 1.54) is 11.3 Å². The van der Waals surface area contributed by atoms with Gasteiger partial charge < -0.3 is 11.1 Å². The number of rotatable bonds is 6. The molecule has 0 saturated heterocycles. The maximum Gasteiger partial charge on any atom is 0.229 e. The van der Waals surface area contributed by atoms with Crippen molar-refractivity contribution >= 4 is 22.2 Å². The lowest BCUT2D eigenvalue weighted by atomic mass is 9.95. The average molecular weight is 331 g/mol. The molecule has 2 atom stereocenters. The first kappa shape index (κ1) is 17.6. The van der Waals surface area contributed by atoms with E-state index in [0.29, 0.717) is 5.92 Å². The number of amides is 1. The fourth-order valence-electron chi connectivity index (χ4n) is 2.45. The number of aryl methyl sites for hydroxylation is 1. The molecule has 1 heterocycles. The summed E-state index contributed by atoms with van der Waals surface area (Å²) in [6.45, 7) is 8.12. The van der Waals surface area contributed by atoms with Gasteiger partial charge in [0.15, 0.2) is 0 Å². The van der Waals surface area contributed by atoms with Crippen LogP contribution in [0, 0.1) is 18.8 Å². The Morgan fingerprint density at radius 3 is 2.52 bits per heavy atom. The van der Waals surface area contributed by atoms with Crippen LogP contribution in [-0.4, -0.2) is 10.9 Å². The van der Waals surface area contributed by atoms with Crippen molar-refractivity contribution in [1.82, 2.24) is 4.98 Å². The van der Waals surface area contributed by atoms with Crippen molar-refractivity contribution in [3.05, 3.63) is 46.6 Å². The largest absolute Gasteiger partial charge is 0.323 e. The second-order valence-corrected chi connectivity index (χ2v) is 7.52. The first-order valence-corrected chi connectivity index (χ1v) is 8.77. The van der Waals surface area contributed by atoms with Crippen LogP contribution >= 0.6 is 11.3 Å². The Balaban J connectivity index is 2.09. The topological polar surface area (TPSA) is 68.0 Å². The van der Waals surface area contributed by atoms with E-state index in [1.54, 1.807) is 0 Å². The molecule has 23 heavy (non-hydrogen) atoms. The highest BCUT2D eigenvalue weighted by Gasteiger charge is 2.24. The highest BCUT2D eigenvalue weighted by Crippen LogP contribution is 2.28. The Labute approximate surface area is 142 Å². The number of carbonyl (C=O) groups is 1. The van der Waals surface area contributed by atoms with E-state index in [4.69, 9.17) is 5.73 Å². The van der Waals surface area contributed by atoms with Gasteiger partial charge in [0.2, 0.25) is 5.91 Å². The molecular weight excluding hydrogens is 306 g/mol. The standard InChI is InChI=1S/C18H25N3OS/c1-11(2)10-15-18(23-13(4)20-15)21-17(22)12(3)16(19)14-8-6-5-7-9-14/h5-9,11-12,16H,10,19H2,1-4H3,(H,21,22). The van der Waals surface area contributed by atoms with Crippen molar-refractivity contribution < 1.29 is 4.79 Å². The van der Waals surface area contributed by atoms with E-state index in [-0.39, 0.29) is 17.9 Å². The van der Waals surface area contributed by atoms with Crippen LogP contribution < -0.4 is 11.1 Å². The third-order valence-corrected chi connectivity index (χ3v) is 4.71. The number of hydrogen-bond donors (Lipinski definition) is 2. The van der Waals surface area contributed by atoms with Gasteiger partial charge >= 0.3 is 0 Å². The van der Waals surface area contributed by atoms with Gasteiger partial charge in [-0.25, -0.2) is 4.98 Å². The number of carbonyl (C=O) groups excluding carboxylic acids is 1. The van der Waals surface area contributed by atoms with Crippen molar-refractivity contribution in [3.63, 3.8) is 0 Å². The van der Waals surface area contributed by atoms with Gasteiger partial charge in [0.25, 0.3) is 0 Å². The summed E-state index contributed by atoms with van der Waals surface area (Å²) in [5, 5.41) is 4.85. The highest BCUT2D eigenvalue weighted by molar-refractivity contribution is 7.16. The van der Waals surface area contributed by atoms with Crippen LogP contribution in [0.15, 0.2) is 30.3 Å². The Morgan fingerprint density at radius 1 is 1.26 bits per heavy atom. The molecule has 1 aromatic carbocycles. The van der Waals surface area contributed by atoms with Gasteiger partial charge in [-0.15, -0.1) is 11.3 Å². The van der Waals surface area contributed by atoms with Crippen LogP contribution in [0.2, 0.25) is 0 Å². The zero-order valence-electron chi connectivity index (χ0n) is 14.2. The minimum Gasteiger partial charge on any atom is -0.323 e. The summed E-state index contributed by atoms with van der Waals surface area (Å²) in [5.74, 6) is 0.123. The molecule has 1 amide bonds. The predicted molar refractivity (Wildman–Crippen MR) is 96.6 cm³/mol. The highest BCUT2D eigenvalue weighted by atomic mass is 32.1. The number of hydrogen-bond acceptors (Lipinski definition) is 4. The van der Waals surface area contributed by atoms with Crippen molar-refractivity contribution in [3.8, 4) is 0 Å². The molecule has 0 bridgehead atoms. The third kappa shape index (κ3) is 4.62. The van der Waals surface area contributed by atoms with Crippen molar-refractivity contribution in [2.24, 2.45) is 17.6 Å². The Morgan fingerprint density at radius 2 is 1.91 bits per heavy atom. The van der Waals surface area contributed by atoms with Gasteiger partial charge in [0.1, 0.15) is 5.00 Å². The van der Waals surface area contributed by atoms with Crippen molar-refractivity contribution in [2.45, 2.75) is 40.2 Å². The lowest BCUT2D eigenvalue weighted by Crippen LogP contribution is -2.30. The van der Waals surface area contributed by atoms with E-state index >= 15 is 0 Å². The van der Waals surface area contributed by atoms with E-state index in [9.17, 15) is 4.79 Å². The van der Waals surface area contributed by atoms with Gasteiger partial charge in [-0.05, 0) is 24.8 Å². The van der Waals surface area contributed by atoms with Crippen LogP contribution in [0.1, 0.15) is 43.1 Å². The molecule has 5 heteroatoms. The Kier molecular flexibility index (Phi) is 5.91. The molecule has 124 valence electrons. The molecule has 0 spiro atoms. The molecule has 4 nitrogen and oxygen atoms in total. The molecule has 0 aliphatic heterocycles. The zero-order valence-corrected chi connectivity index (χ0v) is 15.0. The number of anilines is 1. The van der Waals surface area contributed by atoms with Gasteiger partial charge in [0.05, 0.1) is 16.6 Å². The second-order valence-electron chi connectivity index (χ2n) is 6.32. The lowest BCUT2D eigenvalue weighted by Gasteiger charge is -2.19. The normalized spacial score (nSPS) is 13.8. The Bertz CT molecular complexity index is 652.